The third-order valence-corrected chi connectivity index (χ3v) is 3.97. The lowest BCUT2D eigenvalue weighted by molar-refractivity contribution is 0.0797. The molecule has 1 aliphatic heterocycles. The second-order valence-electron chi connectivity index (χ2n) is 4.13. The molecule has 0 aromatic carbocycles. The highest BCUT2D eigenvalue weighted by molar-refractivity contribution is 7.14. The molecule has 0 atom stereocenters. The minimum atomic E-state index is 0.149. The number of hydrogen-bond acceptors (Lipinski definition) is 3. The van der Waals surface area contributed by atoms with Crippen LogP contribution in [0.1, 0.15) is 33.0 Å². The summed E-state index contributed by atoms with van der Waals surface area (Å²) in [7, 11) is 0. The van der Waals surface area contributed by atoms with Crippen molar-refractivity contribution < 1.29 is 4.79 Å². The normalized spacial score (nSPS) is 14.6. The van der Waals surface area contributed by atoms with Crippen molar-refractivity contribution in [3.8, 4) is 11.8 Å². The second kappa shape index (κ2) is 5.35. The number of aryl methyl sites for hydroxylation is 1. The molecule has 0 saturated carbocycles. The maximum atomic E-state index is 12.1. The Morgan fingerprint density at radius 1 is 1.53 bits per heavy atom. The van der Waals surface area contributed by atoms with Crippen LogP contribution in [0.5, 0.6) is 0 Å². The van der Waals surface area contributed by atoms with Gasteiger partial charge >= 0.3 is 0 Å². The summed E-state index contributed by atoms with van der Waals surface area (Å²) in [5.74, 6) is 5.99. The standard InChI is InChI=1S/C13H16N2OS/c1-10-9-12(17-11(10)5-4-6-14)13(16)15-7-2-3-8-15/h9H,2-3,6-8,14H2,1H3. The van der Waals surface area contributed by atoms with Gasteiger partial charge in [0.1, 0.15) is 0 Å². The Morgan fingerprint density at radius 3 is 2.88 bits per heavy atom. The molecule has 1 aliphatic rings. The predicted molar refractivity (Wildman–Crippen MR) is 70.1 cm³/mol. The predicted octanol–water partition coefficient (Wildman–Crippen LogP) is 1.60. The van der Waals surface area contributed by atoms with E-state index in [-0.39, 0.29) is 5.91 Å². The lowest BCUT2D eigenvalue weighted by Crippen LogP contribution is -2.26. The van der Waals surface area contributed by atoms with Gasteiger partial charge in [0.25, 0.3) is 5.91 Å². The van der Waals surface area contributed by atoms with E-state index in [0.717, 1.165) is 41.2 Å². The van der Waals surface area contributed by atoms with Gasteiger partial charge in [-0.15, -0.1) is 11.3 Å². The van der Waals surface area contributed by atoms with Crippen LogP contribution in [0.2, 0.25) is 0 Å². The smallest absolute Gasteiger partial charge is 0.263 e. The van der Waals surface area contributed by atoms with Gasteiger partial charge in [0.15, 0.2) is 0 Å². The zero-order chi connectivity index (χ0) is 12.3. The van der Waals surface area contributed by atoms with Crippen LogP contribution in [0.3, 0.4) is 0 Å². The van der Waals surface area contributed by atoms with Crippen LogP contribution in [0, 0.1) is 18.8 Å². The minimum absolute atomic E-state index is 0.149. The van der Waals surface area contributed by atoms with Crippen LogP contribution in [-0.4, -0.2) is 30.4 Å². The average molecular weight is 248 g/mol. The molecule has 1 aromatic rings. The van der Waals surface area contributed by atoms with Gasteiger partial charge in [-0.1, -0.05) is 11.8 Å². The number of nitrogens with zero attached hydrogens (tertiary/aromatic N) is 1. The van der Waals surface area contributed by atoms with Crippen molar-refractivity contribution in [2.24, 2.45) is 5.73 Å². The van der Waals surface area contributed by atoms with Gasteiger partial charge in [0.2, 0.25) is 0 Å². The lowest BCUT2D eigenvalue weighted by atomic mass is 10.2. The van der Waals surface area contributed by atoms with Crippen molar-refractivity contribution in [1.29, 1.82) is 0 Å². The summed E-state index contributed by atoms with van der Waals surface area (Å²) < 4.78 is 0. The van der Waals surface area contributed by atoms with Crippen LogP contribution in [0.4, 0.5) is 0 Å². The van der Waals surface area contributed by atoms with E-state index in [1.54, 1.807) is 0 Å². The molecule has 1 saturated heterocycles. The number of carbonyl (C=O) groups excluding carboxylic acids is 1. The first-order chi connectivity index (χ1) is 8.22. The van der Waals surface area contributed by atoms with E-state index in [2.05, 4.69) is 11.8 Å². The summed E-state index contributed by atoms with van der Waals surface area (Å²) >= 11 is 1.47. The highest BCUT2D eigenvalue weighted by Crippen LogP contribution is 2.23. The molecule has 0 aliphatic carbocycles. The van der Waals surface area contributed by atoms with E-state index in [0.29, 0.717) is 6.54 Å². The topological polar surface area (TPSA) is 46.3 Å². The average Bonchev–Trinajstić information content (AvgIpc) is 2.95. The van der Waals surface area contributed by atoms with Gasteiger partial charge in [-0.2, -0.15) is 0 Å². The number of hydrogen-bond donors (Lipinski definition) is 1. The van der Waals surface area contributed by atoms with Crippen molar-refractivity contribution >= 4 is 17.2 Å². The molecule has 0 bridgehead atoms. The lowest BCUT2D eigenvalue weighted by Gasteiger charge is -2.13. The van der Waals surface area contributed by atoms with Crippen LogP contribution >= 0.6 is 11.3 Å². The summed E-state index contributed by atoms with van der Waals surface area (Å²) in [5.41, 5.74) is 6.42. The molecule has 90 valence electrons. The first-order valence-electron chi connectivity index (χ1n) is 5.81. The van der Waals surface area contributed by atoms with Crippen molar-refractivity contribution in [2.45, 2.75) is 19.8 Å². The van der Waals surface area contributed by atoms with Gasteiger partial charge in [-0.25, -0.2) is 0 Å². The Bertz CT molecular complexity index is 475. The molecular formula is C13H16N2OS. The van der Waals surface area contributed by atoms with E-state index in [4.69, 9.17) is 5.73 Å². The molecule has 4 heteroatoms. The number of thiophene rings is 1. The van der Waals surface area contributed by atoms with Gasteiger partial charge in [-0.3, -0.25) is 4.79 Å². The largest absolute Gasteiger partial charge is 0.338 e. The van der Waals surface area contributed by atoms with Gasteiger partial charge in [0, 0.05) is 13.1 Å². The number of amides is 1. The van der Waals surface area contributed by atoms with E-state index in [9.17, 15) is 4.79 Å². The molecule has 2 heterocycles. The molecule has 0 radical (unpaired) electrons. The van der Waals surface area contributed by atoms with Crippen molar-refractivity contribution in [3.63, 3.8) is 0 Å². The van der Waals surface area contributed by atoms with E-state index in [1.165, 1.54) is 11.3 Å². The third kappa shape index (κ3) is 2.68. The molecule has 1 fully saturated rings. The zero-order valence-electron chi connectivity index (χ0n) is 9.95. The van der Waals surface area contributed by atoms with E-state index in [1.807, 2.05) is 17.9 Å². The Morgan fingerprint density at radius 2 is 2.24 bits per heavy atom. The first kappa shape index (κ1) is 12.2. The Labute approximate surface area is 106 Å². The van der Waals surface area contributed by atoms with Gasteiger partial charge in [0.05, 0.1) is 16.3 Å². The summed E-state index contributed by atoms with van der Waals surface area (Å²) in [6.45, 7) is 4.11. The Balaban J connectivity index is 2.18. The highest BCUT2D eigenvalue weighted by atomic mass is 32.1. The molecule has 0 unspecified atom stereocenters. The van der Waals surface area contributed by atoms with Gasteiger partial charge < -0.3 is 10.6 Å². The molecule has 3 nitrogen and oxygen atoms in total. The molecule has 1 aromatic heterocycles. The van der Waals surface area contributed by atoms with Crippen molar-refractivity contribution in [3.05, 3.63) is 21.4 Å². The monoisotopic (exact) mass is 248 g/mol. The summed E-state index contributed by atoms with van der Waals surface area (Å²) in [5, 5.41) is 0. The number of rotatable bonds is 1. The fourth-order valence-corrected chi connectivity index (χ4v) is 2.93. The summed E-state index contributed by atoms with van der Waals surface area (Å²) in [4.78, 5) is 15.8. The van der Waals surface area contributed by atoms with Crippen LogP contribution in [0.15, 0.2) is 6.07 Å². The third-order valence-electron chi connectivity index (χ3n) is 2.83. The van der Waals surface area contributed by atoms with Crippen LogP contribution < -0.4 is 5.73 Å². The molecular weight excluding hydrogens is 232 g/mol. The fourth-order valence-electron chi connectivity index (χ4n) is 1.92. The number of likely N-dealkylation sites (tertiary alicyclic amines) is 1. The van der Waals surface area contributed by atoms with Gasteiger partial charge in [-0.05, 0) is 31.4 Å². The van der Waals surface area contributed by atoms with Crippen LogP contribution in [-0.2, 0) is 0 Å². The molecule has 1 amide bonds. The first-order valence-corrected chi connectivity index (χ1v) is 6.62. The molecule has 17 heavy (non-hydrogen) atoms. The Kier molecular flexibility index (Phi) is 3.82. The maximum Gasteiger partial charge on any atom is 0.263 e. The van der Waals surface area contributed by atoms with E-state index < -0.39 is 0 Å². The minimum Gasteiger partial charge on any atom is -0.338 e. The van der Waals surface area contributed by atoms with Crippen LogP contribution in [0.25, 0.3) is 0 Å². The summed E-state index contributed by atoms with van der Waals surface area (Å²) in [6.07, 6.45) is 2.24. The zero-order valence-corrected chi connectivity index (χ0v) is 10.8. The SMILES string of the molecule is Cc1cc(C(=O)N2CCCC2)sc1C#CCN. The number of carbonyl (C=O) groups is 1. The number of nitrogens with two attached hydrogens (primary N) is 1. The molecule has 2 rings (SSSR count). The maximum absolute atomic E-state index is 12.1. The van der Waals surface area contributed by atoms with Crippen molar-refractivity contribution in [1.82, 2.24) is 4.90 Å². The van der Waals surface area contributed by atoms with Crippen molar-refractivity contribution in [2.75, 3.05) is 19.6 Å². The fraction of sp³-hybridized carbons (Fsp3) is 0.462. The second-order valence-corrected chi connectivity index (χ2v) is 5.18. The molecule has 2 N–H and O–H groups in total. The Hall–Kier alpha value is -1.31. The highest BCUT2D eigenvalue weighted by Gasteiger charge is 2.21. The summed E-state index contributed by atoms with van der Waals surface area (Å²) in [6, 6.07) is 1.94. The van der Waals surface area contributed by atoms with E-state index >= 15 is 0 Å². The quantitative estimate of drug-likeness (QED) is 0.767. The molecule has 0 spiro atoms.